The van der Waals surface area contributed by atoms with E-state index >= 15 is 0 Å². The summed E-state index contributed by atoms with van der Waals surface area (Å²) in [6.45, 7) is 0.243. The summed E-state index contributed by atoms with van der Waals surface area (Å²) in [5, 5.41) is 8.82. The molecule has 1 aromatic carbocycles. The number of rotatable bonds is 3. The molecule has 0 radical (unpaired) electrons. The van der Waals surface area contributed by atoms with Gasteiger partial charge in [-0.05, 0) is 40.8 Å². The molecule has 1 aromatic heterocycles. The SMILES string of the molecule is N#Cc1cc(N)c(OCc2ncccn2)c(I)c1. The van der Waals surface area contributed by atoms with E-state index in [1.54, 1.807) is 30.6 Å². The summed E-state index contributed by atoms with van der Waals surface area (Å²) >= 11 is 2.08. The number of nitrogen functional groups attached to an aromatic ring is 1. The second-order valence-corrected chi connectivity index (χ2v) is 4.60. The summed E-state index contributed by atoms with van der Waals surface area (Å²) in [6.07, 6.45) is 3.30. The minimum atomic E-state index is 0.243. The van der Waals surface area contributed by atoms with E-state index in [0.29, 0.717) is 22.8 Å². The first-order chi connectivity index (χ1) is 8.70. The van der Waals surface area contributed by atoms with Gasteiger partial charge in [0.25, 0.3) is 0 Å². The highest BCUT2D eigenvalue weighted by molar-refractivity contribution is 14.1. The third-order valence-corrected chi connectivity index (χ3v) is 2.97. The van der Waals surface area contributed by atoms with Gasteiger partial charge in [-0.25, -0.2) is 9.97 Å². The third kappa shape index (κ3) is 2.87. The number of benzene rings is 1. The summed E-state index contributed by atoms with van der Waals surface area (Å²) in [5.41, 5.74) is 6.79. The zero-order chi connectivity index (χ0) is 13.0. The van der Waals surface area contributed by atoms with Gasteiger partial charge in [0.15, 0.2) is 11.6 Å². The number of halogens is 1. The Morgan fingerprint density at radius 1 is 1.33 bits per heavy atom. The van der Waals surface area contributed by atoms with Gasteiger partial charge in [0.1, 0.15) is 6.61 Å². The highest BCUT2D eigenvalue weighted by Crippen LogP contribution is 2.29. The van der Waals surface area contributed by atoms with Crippen LogP contribution in [-0.2, 0) is 6.61 Å². The van der Waals surface area contributed by atoms with Crippen molar-refractivity contribution in [2.75, 3.05) is 5.73 Å². The largest absolute Gasteiger partial charge is 0.482 e. The maximum absolute atomic E-state index is 8.82. The van der Waals surface area contributed by atoms with Crippen molar-refractivity contribution >= 4 is 28.3 Å². The van der Waals surface area contributed by atoms with Crippen LogP contribution in [0, 0.1) is 14.9 Å². The smallest absolute Gasteiger partial charge is 0.166 e. The second-order valence-electron chi connectivity index (χ2n) is 3.44. The molecular formula is C12H9IN4O. The average molecular weight is 352 g/mol. The Morgan fingerprint density at radius 3 is 2.67 bits per heavy atom. The first-order valence-electron chi connectivity index (χ1n) is 5.08. The molecule has 0 amide bonds. The fourth-order valence-electron chi connectivity index (χ4n) is 1.37. The molecule has 2 N–H and O–H groups in total. The third-order valence-electron chi connectivity index (χ3n) is 2.17. The van der Waals surface area contributed by atoms with E-state index < -0.39 is 0 Å². The van der Waals surface area contributed by atoms with Crippen LogP contribution in [0.1, 0.15) is 11.4 Å². The predicted octanol–water partition coefficient (Wildman–Crippen LogP) is 2.11. The maximum atomic E-state index is 8.82. The number of nitriles is 1. The van der Waals surface area contributed by atoms with E-state index in [1.165, 1.54) is 0 Å². The monoisotopic (exact) mass is 352 g/mol. The van der Waals surface area contributed by atoms with Crippen LogP contribution < -0.4 is 10.5 Å². The highest BCUT2D eigenvalue weighted by Gasteiger charge is 2.09. The lowest BCUT2D eigenvalue weighted by Gasteiger charge is -2.10. The number of anilines is 1. The van der Waals surface area contributed by atoms with Crippen LogP contribution in [0.25, 0.3) is 0 Å². The first-order valence-corrected chi connectivity index (χ1v) is 6.16. The van der Waals surface area contributed by atoms with Crippen LogP contribution in [0.5, 0.6) is 5.75 Å². The van der Waals surface area contributed by atoms with Crippen LogP contribution in [-0.4, -0.2) is 9.97 Å². The lowest BCUT2D eigenvalue weighted by Crippen LogP contribution is -2.04. The molecule has 0 aliphatic carbocycles. The molecule has 2 aromatic rings. The second kappa shape index (κ2) is 5.64. The van der Waals surface area contributed by atoms with Crippen molar-refractivity contribution in [2.24, 2.45) is 0 Å². The fraction of sp³-hybridized carbons (Fsp3) is 0.0833. The number of nitrogens with two attached hydrogens (primary N) is 1. The van der Waals surface area contributed by atoms with Crippen molar-refractivity contribution in [1.29, 1.82) is 5.26 Å². The fourth-order valence-corrected chi connectivity index (χ4v) is 2.18. The normalized spacial score (nSPS) is 9.78. The molecule has 0 atom stereocenters. The molecule has 6 heteroatoms. The lowest BCUT2D eigenvalue weighted by molar-refractivity contribution is 0.295. The van der Waals surface area contributed by atoms with Crippen LogP contribution in [0.15, 0.2) is 30.6 Å². The Hall–Kier alpha value is -1.88. The molecule has 90 valence electrons. The number of nitrogens with zero attached hydrogens (tertiary/aromatic N) is 3. The van der Waals surface area contributed by atoms with Crippen molar-refractivity contribution in [2.45, 2.75) is 6.61 Å². The molecule has 0 fully saturated rings. The van der Waals surface area contributed by atoms with E-state index in [4.69, 9.17) is 15.7 Å². The summed E-state index contributed by atoms with van der Waals surface area (Å²) in [5.74, 6) is 1.14. The van der Waals surface area contributed by atoms with Crippen molar-refractivity contribution in [3.63, 3.8) is 0 Å². The van der Waals surface area contributed by atoms with E-state index in [1.807, 2.05) is 6.07 Å². The van der Waals surface area contributed by atoms with Gasteiger partial charge in [-0.1, -0.05) is 0 Å². The summed E-state index contributed by atoms with van der Waals surface area (Å²) in [6, 6.07) is 7.09. The number of hydrogen-bond donors (Lipinski definition) is 1. The molecule has 0 bridgehead atoms. The number of ether oxygens (including phenoxy) is 1. The Labute approximate surface area is 118 Å². The van der Waals surface area contributed by atoms with Crippen LogP contribution in [0.2, 0.25) is 0 Å². The summed E-state index contributed by atoms with van der Waals surface area (Å²) in [7, 11) is 0. The van der Waals surface area contributed by atoms with Crippen LogP contribution >= 0.6 is 22.6 Å². The molecular weight excluding hydrogens is 343 g/mol. The van der Waals surface area contributed by atoms with E-state index in [9.17, 15) is 0 Å². The minimum Gasteiger partial charge on any atom is -0.482 e. The van der Waals surface area contributed by atoms with Gasteiger partial charge in [-0.2, -0.15) is 5.26 Å². The molecule has 0 saturated carbocycles. The standard InChI is InChI=1S/C12H9IN4O/c13-9-4-8(6-14)5-10(15)12(9)18-7-11-16-2-1-3-17-11/h1-5H,7,15H2. The highest BCUT2D eigenvalue weighted by atomic mass is 127. The average Bonchev–Trinajstić information content (AvgIpc) is 2.38. The van der Waals surface area contributed by atoms with Gasteiger partial charge in [-0.15, -0.1) is 0 Å². The van der Waals surface area contributed by atoms with Crippen LogP contribution in [0.3, 0.4) is 0 Å². The van der Waals surface area contributed by atoms with Gasteiger partial charge >= 0.3 is 0 Å². The molecule has 2 rings (SSSR count). The lowest BCUT2D eigenvalue weighted by atomic mass is 10.2. The van der Waals surface area contributed by atoms with E-state index in [0.717, 1.165) is 3.57 Å². The molecule has 0 aliphatic rings. The molecule has 18 heavy (non-hydrogen) atoms. The molecule has 0 spiro atoms. The predicted molar refractivity (Wildman–Crippen MR) is 74.7 cm³/mol. The Morgan fingerprint density at radius 2 is 2.06 bits per heavy atom. The molecule has 0 saturated heterocycles. The van der Waals surface area contributed by atoms with E-state index in [-0.39, 0.29) is 6.61 Å². The van der Waals surface area contributed by atoms with Crippen molar-refractivity contribution in [3.05, 3.63) is 45.6 Å². The number of hydrogen-bond acceptors (Lipinski definition) is 5. The molecule has 0 unspecified atom stereocenters. The number of aromatic nitrogens is 2. The van der Waals surface area contributed by atoms with Crippen molar-refractivity contribution in [3.8, 4) is 11.8 Å². The van der Waals surface area contributed by atoms with Gasteiger partial charge in [0.05, 0.1) is 20.9 Å². The van der Waals surface area contributed by atoms with Gasteiger partial charge < -0.3 is 10.5 Å². The summed E-state index contributed by atoms with van der Waals surface area (Å²) < 4.78 is 6.38. The van der Waals surface area contributed by atoms with E-state index in [2.05, 4.69) is 32.6 Å². The van der Waals surface area contributed by atoms with Crippen molar-refractivity contribution in [1.82, 2.24) is 9.97 Å². The topological polar surface area (TPSA) is 84.8 Å². The molecule has 0 aliphatic heterocycles. The first kappa shape index (κ1) is 12.6. The van der Waals surface area contributed by atoms with Crippen molar-refractivity contribution < 1.29 is 4.74 Å². The van der Waals surface area contributed by atoms with Crippen LogP contribution in [0.4, 0.5) is 5.69 Å². The Kier molecular flexibility index (Phi) is 3.94. The maximum Gasteiger partial charge on any atom is 0.166 e. The quantitative estimate of drug-likeness (QED) is 0.676. The summed E-state index contributed by atoms with van der Waals surface area (Å²) in [4.78, 5) is 8.11. The van der Waals surface area contributed by atoms with Gasteiger partial charge in [0.2, 0.25) is 0 Å². The Bertz CT molecular complexity index is 572. The molecule has 5 nitrogen and oxygen atoms in total. The zero-order valence-electron chi connectivity index (χ0n) is 9.30. The van der Waals surface area contributed by atoms with Gasteiger partial charge in [0, 0.05) is 12.4 Å². The minimum absolute atomic E-state index is 0.243. The zero-order valence-corrected chi connectivity index (χ0v) is 11.5. The Balaban J connectivity index is 2.18. The molecule has 1 heterocycles. The van der Waals surface area contributed by atoms with Gasteiger partial charge in [-0.3, -0.25) is 0 Å².